The first kappa shape index (κ1) is 24.4. The van der Waals surface area contributed by atoms with Gasteiger partial charge in [-0.3, -0.25) is 15.2 Å². The van der Waals surface area contributed by atoms with Crippen molar-refractivity contribution in [3.8, 4) is 11.5 Å². The molecule has 1 aromatic heterocycles. The molecule has 0 radical (unpaired) electrons. The summed E-state index contributed by atoms with van der Waals surface area (Å²) in [7, 11) is 1.41. The number of carbonyl (C=O) groups excluding carboxylic acids is 2. The van der Waals surface area contributed by atoms with Gasteiger partial charge >= 0.3 is 5.97 Å². The minimum atomic E-state index is -0.588. The Hall–Kier alpha value is -4.28. The standard InChI is InChI=1S/C26H18ClN5O4S/c1-14-5-3-6-16(9-14)25(34)36-21-19(27)11-15(12-20(21)35-2)10-18-22(28)32-26(30-23(18)33)37-24(31-32)17-7-4-8-29-13-17/h3-13,28H,1-2H3. The molecule has 3 heterocycles. The number of hydrogen-bond acceptors (Lipinski definition) is 8. The zero-order valence-electron chi connectivity index (χ0n) is 19.6. The monoisotopic (exact) mass is 531 g/mol. The van der Waals surface area contributed by atoms with Gasteiger partial charge in [-0.2, -0.15) is 15.1 Å². The van der Waals surface area contributed by atoms with E-state index in [1.165, 1.54) is 36.0 Å². The summed E-state index contributed by atoms with van der Waals surface area (Å²) < 4.78 is 10.9. The molecule has 0 fully saturated rings. The number of aryl methyl sites for hydroxylation is 1. The number of pyridine rings is 1. The van der Waals surface area contributed by atoms with E-state index in [2.05, 4.69) is 15.1 Å². The molecule has 3 aromatic rings. The zero-order chi connectivity index (χ0) is 26.1. The molecule has 0 unspecified atom stereocenters. The van der Waals surface area contributed by atoms with Crippen LogP contribution >= 0.6 is 23.4 Å². The van der Waals surface area contributed by atoms with E-state index in [1.807, 2.05) is 19.1 Å². The molecule has 37 heavy (non-hydrogen) atoms. The fraction of sp³-hybridized carbons (Fsp3) is 0.0769. The molecule has 0 saturated heterocycles. The number of amides is 1. The average molecular weight is 532 g/mol. The smallest absolute Gasteiger partial charge is 0.343 e. The van der Waals surface area contributed by atoms with Gasteiger partial charge in [-0.15, -0.1) is 0 Å². The number of nitrogens with one attached hydrogen (secondary N) is 1. The number of halogens is 1. The Kier molecular flexibility index (Phi) is 6.60. The van der Waals surface area contributed by atoms with Crippen molar-refractivity contribution >= 4 is 57.4 Å². The van der Waals surface area contributed by atoms with Crippen molar-refractivity contribution in [3.05, 3.63) is 93.8 Å². The third kappa shape index (κ3) is 4.89. The van der Waals surface area contributed by atoms with E-state index in [0.717, 1.165) is 11.1 Å². The van der Waals surface area contributed by atoms with Crippen LogP contribution in [0.2, 0.25) is 5.02 Å². The number of esters is 1. The van der Waals surface area contributed by atoms with Crippen molar-refractivity contribution in [2.45, 2.75) is 6.92 Å². The van der Waals surface area contributed by atoms with Crippen molar-refractivity contribution in [1.29, 1.82) is 5.41 Å². The van der Waals surface area contributed by atoms with Gasteiger partial charge in [0.2, 0.25) is 5.17 Å². The number of methoxy groups -OCH3 is 1. The summed E-state index contributed by atoms with van der Waals surface area (Å²) >= 11 is 7.63. The quantitative estimate of drug-likeness (QED) is 0.281. The predicted molar refractivity (Wildman–Crippen MR) is 142 cm³/mol. The zero-order valence-corrected chi connectivity index (χ0v) is 21.1. The largest absolute Gasteiger partial charge is 0.493 e. The summed E-state index contributed by atoms with van der Waals surface area (Å²) in [5.41, 5.74) is 2.50. The van der Waals surface area contributed by atoms with E-state index in [9.17, 15) is 9.59 Å². The van der Waals surface area contributed by atoms with Crippen molar-refractivity contribution in [3.63, 3.8) is 0 Å². The van der Waals surface area contributed by atoms with Crippen LogP contribution in [0.15, 0.2) is 76.6 Å². The van der Waals surface area contributed by atoms with Crippen LogP contribution in [0, 0.1) is 12.3 Å². The molecule has 9 nitrogen and oxygen atoms in total. The van der Waals surface area contributed by atoms with Gasteiger partial charge in [-0.25, -0.2) is 4.79 Å². The number of amidine groups is 2. The van der Waals surface area contributed by atoms with Gasteiger partial charge in [0.1, 0.15) is 5.04 Å². The normalized spacial score (nSPS) is 15.9. The summed E-state index contributed by atoms with van der Waals surface area (Å²) in [4.78, 5) is 33.6. The molecule has 5 rings (SSSR count). The summed E-state index contributed by atoms with van der Waals surface area (Å²) in [6, 6.07) is 13.7. The van der Waals surface area contributed by atoms with Crippen LogP contribution in [0.4, 0.5) is 0 Å². The Morgan fingerprint density at radius 2 is 2.03 bits per heavy atom. The topological polar surface area (TPSA) is 117 Å². The second kappa shape index (κ2) is 10.00. The SMILES string of the molecule is COc1cc(C=C2C(=N)N3N=C(c4cccnc4)SC3=NC2=O)cc(Cl)c1OC(=O)c1cccc(C)c1. The summed E-state index contributed by atoms with van der Waals surface area (Å²) in [6.45, 7) is 1.87. The highest BCUT2D eigenvalue weighted by molar-refractivity contribution is 8.27. The average Bonchev–Trinajstić information content (AvgIpc) is 3.32. The lowest BCUT2D eigenvalue weighted by atomic mass is 10.1. The van der Waals surface area contributed by atoms with Crippen LogP contribution in [0.1, 0.15) is 27.0 Å². The number of benzene rings is 2. The van der Waals surface area contributed by atoms with Gasteiger partial charge in [-0.1, -0.05) is 29.3 Å². The third-order valence-corrected chi connectivity index (χ3v) is 6.61. The van der Waals surface area contributed by atoms with Crippen LogP contribution in [0.3, 0.4) is 0 Å². The van der Waals surface area contributed by atoms with E-state index < -0.39 is 11.9 Å². The Morgan fingerprint density at radius 1 is 1.19 bits per heavy atom. The number of ether oxygens (including phenoxy) is 2. The number of nitrogens with zero attached hydrogens (tertiary/aromatic N) is 4. The third-order valence-electron chi connectivity index (χ3n) is 5.37. The highest BCUT2D eigenvalue weighted by Gasteiger charge is 2.36. The van der Waals surface area contributed by atoms with Crippen molar-refractivity contribution < 1.29 is 19.1 Å². The van der Waals surface area contributed by atoms with Crippen molar-refractivity contribution in [2.75, 3.05) is 7.11 Å². The lowest BCUT2D eigenvalue weighted by Gasteiger charge is -2.20. The molecule has 2 aliphatic rings. The van der Waals surface area contributed by atoms with Gasteiger partial charge in [0.25, 0.3) is 5.91 Å². The second-order valence-corrected chi connectivity index (χ2v) is 9.32. The fourth-order valence-corrected chi connectivity index (χ4v) is 4.75. The molecule has 0 aliphatic carbocycles. The number of fused-ring (bicyclic) bond motifs is 1. The van der Waals surface area contributed by atoms with E-state index in [4.69, 9.17) is 26.5 Å². The fourth-order valence-electron chi connectivity index (χ4n) is 3.61. The first-order valence-electron chi connectivity index (χ1n) is 10.9. The molecule has 184 valence electrons. The molecule has 11 heteroatoms. The van der Waals surface area contributed by atoms with Crippen molar-refractivity contribution in [2.24, 2.45) is 10.1 Å². The van der Waals surface area contributed by atoms with Gasteiger partial charge in [-0.05, 0) is 66.7 Å². The molecular weight excluding hydrogens is 514 g/mol. The molecular formula is C26H18ClN5O4S. The Labute approximate surface area is 221 Å². The number of aromatic nitrogens is 1. The summed E-state index contributed by atoms with van der Waals surface area (Å²) in [5, 5.41) is 15.3. The highest BCUT2D eigenvalue weighted by Crippen LogP contribution is 2.38. The Bertz CT molecular complexity index is 1550. The summed E-state index contributed by atoms with van der Waals surface area (Å²) in [6.07, 6.45) is 4.76. The number of aliphatic imine (C=N–C) groups is 1. The van der Waals surface area contributed by atoms with Crippen LogP contribution in [0.25, 0.3) is 6.08 Å². The van der Waals surface area contributed by atoms with E-state index in [-0.39, 0.29) is 27.9 Å². The van der Waals surface area contributed by atoms with E-state index in [0.29, 0.717) is 21.3 Å². The molecule has 0 saturated carbocycles. The number of hydrogen-bond donors (Lipinski definition) is 1. The lowest BCUT2D eigenvalue weighted by molar-refractivity contribution is -0.114. The number of hydrazone groups is 1. The van der Waals surface area contributed by atoms with Crippen LogP contribution in [0.5, 0.6) is 11.5 Å². The molecule has 0 atom stereocenters. The maximum Gasteiger partial charge on any atom is 0.343 e. The maximum absolute atomic E-state index is 12.8. The first-order chi connectivity index (χ1) is 17.8. The van der Waals surface area contributed by atoms with Crippen molar-refractivity contribution in [1.82, 2.24) is 9.99 Å². The Balaban J connectivity index is 1.44. The summed E-state index contributed by atoms with van der Waals surface area (Å²) in [5.74, 6) is -1.07. The van der Waals surface area contributed by atoms with Gasteiger partial charge in [0, 0.05) is 18.0 Å². The molecule has 0 bridgehead atoms. The van der Waals surface area contributed by atoms with E-state index in [1.54, 1.807) is 42.7 Å². The minimum absolute atomic E-state index is 0.0168. The first-order valence-corrected chi connectivity index (χ1v) is 12.1. The number of rotatable bonds is 5. The molecule has 1 amide bonds. The Morgan fingerprint density at radius 3 is 2.76 bits per heavy atom. The number of carbonyl (C=O) groups is 2. The van der Waals surface area contributed by atoms with Crippen LogP contribution in [-0.2, 0) is 4.79 Å². The highest BCUT2D eigenvalue weighted by atomic mass is 35.5. The maximum atomic E-state index is 12.8. The lowest BCUT2D eigenvalue weighted by Crippen LogP contribution is -2.35. The van der Waals surface area contributed by atoms with Crippen LogP contribution in [-0.4, -0.2) is 45.0 Å². The molecule has 1 N–H and O–H groups in total. The molecule has 2 aliphatic heterocycles. The van der Waals surface area contributed by atoms with E-state index >= 15 is 0 Å². The van der Waals surface area contributed by atoms with Gasteiger partial charge in [0.15, 0.2) is 17.3 Å². The molecule has 2 aromatic carbocycles. The predicted octanol–water partition coefficient (Wildman–Crippen LogP) is 4.94. The number of thioether (sulfide) groups is 1. The minimum Gasteiger partial charge on any atom is -0.493 e. The molecule has 0 spiro atoms. The van der Waals surface area contributed by atoms with Gasteiger partial charge < -0.3 is 9.47 Å². The second-order valence-electron chi connectivity index (χ2n) is 7.96. The van der Waals surface area contributed by atoms with Gasteiger partial charge in [0.05, 0.1) is 23.3 Å². The van der Waals surface area contributed by atoms with Crippen LogP contribution < -0.4 is 9.47 Å².